The van der Waals surface area contributed by atoms with Gasteiger partial charge in [0.1, 0.15) is 0 Å². The Morgan fingerprint density at radius 1 is 1.27 bits per heavy atom. The highest BCUT2D eigenvalue weighted by Crippen LogP contribution is 2.33. The quantitative estimate of drug-likeness (QED) is 0.532. The second-order valence-corrected chi connectivity index (χ2v) is 5.51. The van der Waals surface area contributed by atoms with Crippen molar-refractivity contribution in [3.8, 4) is 0 Å². The lowest BCUT2D eigenvalue weighted by molar-refractivity contribution is -0.137. The number of unbranched alkanes of at least 4 members (excludes halogenated alkanes) is 4. The van der Waals surface area contributed by atoms with Crippen LogP contribution in [0.1, 0.15) is 45.4 Å². The number of carbonyl (C=O) groups is 1. The zero-order valence-electron chi connectivity index (χ0n) is 8.81. The van der Waals surface area contributed by atoms with Crippen LogP contribution in [0.25, 0.3) is 0 Å². The highest BCUT2D eigenvalue weighted by atomic mass is 35.5. The molecule has 0 aromatic rings. The van der Waals surface area contributed by atoms with Gasteiger partial charge in [-0.15, -0.1) is 11.6 Å². The number of carboxylic acids is 1. The molecule has 0 fully saturated rings. The maximum atomic E-state index is 10.6. The van der Waals surface area contributed by atoms with Gasteiger partial charge in [0.15, 0.2) is 0 Å². The van der Waals surface area contributed by atoms with Crippen molar-refractivity contribution in [2.75, 3.05) is 0 Å². The van der Waals surface area contributed by atoms with Gasteiger partial charge in [-0.3, -0.25) is 0 Å². The molecule has 1 N–H and O–H groups in total. The van der Waals surface area contributed by atoms with Crippen LogP contribution in [0.3, 0.4) is 0 Å². The SMILES string of the molecule is CCCCCCCC(Cl)C(Cl)(Cl)C(=O)O. The Morgan fingerprint density at radius 2 is 1.80 bits per heavy atom. The molecule has 0 amide bonds. The van der Waals surface area contributed by atoms with Crippen molar-refractivity contribution in [3.05, 3.63) is 0 Å². The summed E-state index contributed by atoms with van der Waals surface area (Å²) in [6, 6.07) is 0. The van der Waals surface area contributed by atoms with Crippen molar-refractivity contribution in [2.24, 2.45) is 0 Å². The number of aliphatic carboxylic acids is 1. The van der Waals surface area contributed by atoms with E-state index in [4.69, 9.17) is 39.9 Å². The fourth-order valence-electron chi connectivity index (χ4n) is 1.24. The largest absolute Gasteiger partial charge is 0.479 e. The molecule has 0 heterocycles. The van der Waals surface area contributed by atoms with Gasteiger partial charge in [0.05, 0.1) is 5.38 Å². The van der Waals surface area contributed by atoms with Crippen molar-refractivity contribution in [1.29, 1.82) is 0 Å². The van der Waals surface area contributed by atoms with Crippen LogP contribution in [-0.4, -0.2) is 20.8 Å². The number of carboxylic acid groups (broad SMARTS) is 1. The van der Waals surface area contributed by atoms with Gasteiger partial charge >= 0.3 is 5.97 Å². The van der Waals surface area contributed by atoms with Gasteiger partial charge in [-0.25, -0.2) is 4.79 Å². The molecule has 0 spiro atoms. The Morgan fingerprint density at radius 3 is 2.27 bits per heavy atom. The number of hydrogen-bond donors (Lipinski definition) is 1. The summed E-state index contributed by atoms with van der Waals surface area (Å²) < 4.78 is -1.87. The molecule has 0 radical (unpaired) electrons. The monoisotopic (exact) mass is 274 g/mol. The van der Waals surface area contributed by atoms with E-state index < -0.39 is 15.7 Å². The third-order valence-corrected chi connectivity index (χ3v) is 3.86. The molecule has 0 saturated carbocycles. The van der Waals surface area contributed by atoms with Crippen LogP contribution < -0.4 is 0 Å². The van der Waals surface area contributed by atoms with Gasteiger partial charge in [0.2, 0.25) is 4.33 Å². The Balaban J connectivity index is 3.73. The third-order valence-electron chi connectivity index (χ3n) is 2.24. The van der Waals surface area contributed by atoms with Crippen molar-refractivity contribution < 1.29 is 9.90 Å². The van der Waals surface area contributed by atoms with Crippen LogP contribution in [0.2, 0.25) is 0 Å². The minimum absolute atomic E-state index is 0.532. The Kier molecular flexibility index (Phi) is 7.76. The summed E-state index contributed by atoms with van der Waals surface area (Å²) in [7, 11) is 0. The first-order valence-corrected chi connectivity index (χ1v) is 6.37. The standard InChI is InChI=1S/C10H17Cl3O2/c1-2-3-4-5-6-7-8(11)10(12,13)9(14)15/h8H,2-7H2,1H3,(H,14,15). The topological polar surface area (TPSA) is 37.3 Å². The fourth-order valence-corrected chi connectivity index (χ4v) is 1.71. The molecule has 0 aliphatic carbocycles. The summed E-state index contributed by atoms with van der Waals surface area (Å²) in [6.07, 6.45) is 5.95. The summed E-state index contributed by atoms with van der Waals surface area (Å²) in [5.74, 6) is -1.28. The molecular weight excluding hydrogens is 258 g/mol. The molecule has 2 nitrogen and oxygen atoms in total. The molecule has 1 unspecified atom stereocenters. The molecule has 15 heavy (non-hydrogen) atoms. The van der Waals surface area contributed by atoms with Crippen LogP contribution >= 0.6 is 34.8 Å². The maximum Gasteiger partial charge on any atom is 0.341 e. The second-order valence-electron chi connectivity index (χ2n) is 3.60. The van der Waals surface area contributed by atoms with Crippen LogP contribution in [0.15, 0.2) is 0 Å². The lowest BCUT2D eigenvalue weighted by atomic mass is 10.1. The van der Waals surface area contributed by atoms with Crippen molar-refractivity contribution >= 4 is 40.8 Å². The van der Waals surface area contributed by atoms with Crippen LogP contribution in [0, 0.1) is 0 Å². The van der Waals surface area contributed by atoms with E-state index in [1.807, 2.05) is 0 Å². The van der Waals surface area contributed by atoms with Gasteiger partial charge in [-0.1, -0.05) is 62.2 Å². The van der Waals surface area contributed by atoms with Gasteiger partial charge < -0.3 is 5.11 Å². The summed E-state index contributed by atoms with van der Waals surface area (Å²) >= 11 is 17.0. The fraction of sp³-hybridized carbons (Fsp3) is 0.900. The lowest BCUT2D eigenvalue weighted by Gasteiger charge is -2.20. The highest BCUT2D eigenvalue weighted by molar-refractivity contribution is 6.60. The molecule has 5 heteroatoms. The highest BCUT2D eigenvalue weighted by Gasteiger charge is 2.41. The normalized spacial score (nSPS) is 13.9. The van der Waals surface area contributed by atoms with E-state index in [-0.39, 0.29) is 0 Å². The zero-order valence-corrected chi connectivity index (χ0v) is 11.1. The Bertz CT molecular complexity index is 195. The average molecular weight is 276 g/mol. The van der Waals surface area contributed by atoms with E-state index in [1.165, 1.54) is 12.8 Å². The molecular formula is C10H17Cl3O2. The van der Waals surface area contributed by atoms with Crippen LogP contribution in [0.5, 0.6) is 0 Å². The minimum atomic E-state index is -1.87. The third kappa shape index (κ3) is 5.84. The van der Waals surface area contributed by atoms with Gasteiger partial charge in [-0.05, 0) is 6.42 Å². The van der Waals surface area contributed by atoms with E-state index in [2.05, 4.69) is 6.92 Å². The number of hydrogen-bond acceptors (Lipinski definition) is 1. The maximum absolute atomic E-state index is 10.6. The molecule has 1 atom stereocenters. The summed E-state index contributed by atoms with van der Waals surface area (Å²) in [5.41, 5.74) is 0. The zero-order chi connectivity index (χ0) is 11.9. The second kappa shape index (κ2) is 7.59. The first-order chi connectivity index (χ1) is 6.92. The summed E-state index contributed by atoms with van der Waals surface area (Å²) in [4.78, 5) is 10.6. The molecule has 0 rings (SSSR count). The Hall–Kier alpha value is 0.340. The molecule has 0 aliphatic rings. The van der Waals surface area contributed by atoms with E-state index in [0.29, 0.717) is 6.42 Å². The predicted octanol–water partition coefficient (Wildman–Crippen LogP) is 4.21. The van der Waals surface area contributed by atoms with E-state index in [1.54, 1.807) is 0 Å². The van der Waals surface area contributed by atoms with Crippen LogP contribution in [0.4, 0.5) is 0 Å². The lowest BCUT2D eigenvalue weighted by Crippen LogP contribution is -2.35. The van der Waals surface area contributed by atoms with E-state index >= 15 is 0 Å². The summed E-state index contributed by atoms with van der Waals surface area (Å²) in [6.45, 7) is 2.14. The smallest absolute Gasteiger partial charge is 0.341 e. The van der Waals surface area contributed by atoms with Gasteiger partial charge in [-0.2, -0.15) is 0 Å². The van der Waals surface area contributed by atoms with Crippen molar-refractivity contribution in [1.82, 2.24) is 0 Å². The molecule has 90 valence electrons. The molecule has 0 aliphatic heterocycles. The first kappa shape index (κ1) is 15.3. The molecule has 0 bridgehead atoms. The molecule has 0 aromatic heterocycles. The first-order valence-electron chi connectivity index (χ1n) is 5.18. The van der Waals surface area contributed by atoms with Gasteiger partial charge in [0, 0.05) is 0 Å². The van der Waals surface area contributed by atoms with E-state index in [0.717, 1.165) is 19.3 Å². The van der Waals surface area contributed by atoms with Gasteiger partial charge in [0.25, 0.3) is 0 Å². The number of halogens is 3. The predicted molar refractivity (Wildman–Crippen MR) is 65.1 cm³/mol. The number of rotatable bonds is 8. The summed E-state index contributed by atoms with van der Waals surface area (Å²) in [5, 5.41) is 7.97. The van der Waals surface area contributed by atoms with E-state index in [9.17, 15) is 4.79 Å². The average Bonchev–Trinajstić information content (AvgIpc) is 2.16. The minimum Gasteiger partial charge on any atom is -0.479 e. The molecule has 0 aromatic carbocycles. The van der Waals surface area contributed by atoms with Crippen LogP contribution in [-0.2, 0) is 4.79 Å². The van der Waals surface area contributed by atoms with Crippen molar-refractivity contribution in [2.45, 2.75) is 55.2 Å². The molecule has 0 saturated heterocycles. The Labute approximate surface area is 106 Å². The number of alkyl halides is 3. The van der Waals surface area contributed by atoms with Crippen molar-refractivity contribution in [3.63, 3.8) is 0 Å².